The van der Waals surface area contributed by atoms with Gasteiger partial charge in [-0.15, -0.1) is 0 Å². The molecule has 0 fully saturated rings. The Kier molecular flexibility index (Phi) is 6.03. The second-order valence-corrected chi connectivity index (χ2v) is 6.54. The zero-order valence-corrected chi connectivity index (χ0v) is 15.9. The lowest BCUT2D eigenvalue weighted by atomic mass is 10.1. The first-order valence-corrected chi connectivity index (χ1v) is 8.93. The van der Waals surface area contributed by atoms with Crippen molar-refractivity contribution >= 4 is 17.8 Å². The van der Waals surface area contributed by atoms with Gasteiger partial charge in [-0.25, -0.2) is 4.79 Å². The number of aromatic nitrogens is 4. The van der Waals surface area contributed by atoms with Gasteiger partial charge in [-0.05, 0) is 59.5 Å². The summed E-state index contributed by atoms with van der Waals surface area (Å²) in [5, 5.41) is 12.4. The molecule has 0 saturated carbocycles. The molecule has 0 unspecified atom stereocenters. The molecule has 1 heterocycles. The summed E-state index contributed by atoms with van der Waals surface area (Å²) in [6.07, 6.45) is 3.29. The van der Waals surface area contributed by atoms with E-state index in [0.29, 0.717) is 12.3 Å². The third-order valence-electron chi connectivity index (χ3n) is 4.10. The number of aryl methyl sites for hydroxylation is 3. The first-order chi connectivity index (χ1) is 13.1. The molecule has 3 aromatic rings. The second kappa shape index (κ2) is 8.64. The largest absolute Gasteiger partial charge is 0.396 e. The van der Waals surface area contributed by atoms with E-state index in [1.165, 1.54) is 14.9 Å². The van der Waals surface area contributed by atoms with Gasteiger partial charge in [0.1, 0.15) is 6.61 Å². The highest BCUT2D eigenvalue weighted by molar-refractivity contribution is 6.30. The fraction of sp³-hybridized carbons (Fsp3) is 0.263. The van der Waals surface area contributed by atoms with Crippen LogP contribution in [0.2, 0.25) is 5.02 Å². The molecule has 0 atom stereocenters. The van der Waals surface area contributed by atoms with Crippen molar-refractivity contribution in [2.24, 2.45) is 12.2 Å². The number of hydrogen-bond acceptors (Lipinski definition) is 5. The van der Waals surface area contributed by atoms with Gasteiger partial charge >= 0.3 is 5.69 Å². The summed E-state index contributed by atoms with van der Waals surface area (Å²) in [5.74, 6) is 0. The Balaban J connectivity index is 1.63. The average Bonchev–Trinajstić information content (AvgIpc) is 2.98. The van der Waals surface area contributed by atoms with Gasteiger partial charge in [0.05, 0.1) is 11.9 Å². The van der Waals surface area contributed by atoms with Crippen molar-refractivity contribution in [3.05, 3.63) is 74.7 Å². The van der Waals surface area contributed by atoms with Crippen LogP contribution < -0.4 is 5.69 Å². The van der Waals surface area contributed by atoms with Crippen LogP contribution in [0, 0.1) is 6.92 Å². The number of hydrogen-bond donors (Lipinski definition) is 0. The normalized spacial score (nSPS) is 11.2. The molecular weight excluding hydrogens is 366 g/mol. The van der Waals surface area contributed by atoms with Crippen molar-refractivity contribution in [1.82, 2.24) is 19.8 Å². The van der Waals surface area contributed by atoms with Crippen LogP contribution in [-0.4, -0.2) is 32.6 Å². The minimum atomic E-state index is -0.322. The molecule has 140 valence electrons. The van der Waals surface area contributed by atoms with Crippen LogP contribution >= 0.6 is 11.6 Å². The van der Waals surface area contributed by atoms with Crippen LogP contribution in [-0.2, 0) is 18.3 Å². The Morgan fingerprint density at radius 2 is 2.04 bits per heavy atom. The van der Waals surface area contributed by atoms with Crippen molar-refractivity contribution in [2.45, 2.75) is 19.8 Å². The van der Waals surface area contributed by atoms with Crippen LogP contribution in [0.4, 0.5) is 0 Å². The van der Waals surface area contributed by atoms with Gasteiger partial charge in [-0.1, -0.05) is 41.0 Å². The molecule has 3 rings (SSSR count). The van der Waals surface area contributed by atoms with E-state index in [1.807, 2.05) is 43.3 Å². The van der Waals surface area contributed by atoms with Gasteiger partial charge in [-0.3, -0.25) is 0 Å². The highest BCUT2D eigenvalue weighted by atomic mass is 35.5. The monoisotopic (exact) mass is 385 g/mol. The first kappa shape index (κ1) is 18.8. The zero-order chi connectivity index (χ0) is 19.2. The van der Waals surface area contributed by atoms with E-state index in [2.05, 4.69) is 15.6 Å². The van der Waals surface area contributed by atoms with Crippen molar-refractivity contribution in [3.63, 3.8) is 0 Å². The van der Waals surface area contributed by atoms with E-state index in [0.717, 1.165) is 29.0 Å². The summed E-state index contributed by atoms with van der Waals surface area (Å²) < 4.78 is 2.42. The average molecular weight is 386 g/mol. The fourth-order valence-electron chi connectivity index (χ4n) is 2.66. The quantitative estimate of drug-likeness (QED) is 0.356. The maximum atomic E-state index is 12.1. The van der Waals surface area contributed by atoms with Crippen molar-refractivity contribution in [2.75, 3.05) is 6.61 Å². The first-order valence-electron chi connectivity index (χ1n) is 8.55. The number of nitrogens with zero attached hydrogens (tertiary/aromatic N) is 5. The van der Waals surface area contributed by atoms with E-state index in [1.54, 1.807) is 19.3 Å². The molecular formula is C19H20ClN5O2. The Morgan fingerprint density at radius 1 is 1.22 bits per heavy atom. The van der Waals surface area contributed by atoms with E-state index < -0.39 is 0 Å². The van der Waals surface area contributed by atoms with E-state index in [9.17, 15) is 4.79 Å². The predicted octanol–water partition coefficient (Wildman–Crippen LogP) is 2.91. The third-order valence-corrected chi connectivity index (χ3v) is 4.33. The minimum absolute atomic E-state index is 0.322. The standard InChI is InChI=1S/C19H20ClN5O2/c1-14-6-3-10-18(25-19(26)24(2)22-23-25)17(14)13-21-27-11-5-8-15-7-4-9-16(20)12-15/h3-4,6-7,9-10,12-13H,5,8,11H2,1-2H3. The molecule has 7 nitrogen and oxygen atoms in total. The Morgan fingerprint density at radius 3 is 2.78 bits per heavy atom. The molecule has 8 heteroatoms. The van der Waals surface area contributed by atoms with Gasteiger partial charge < -0.3 is 4.84 Å². The maximum absolute atomic E-state index is 12.1. The number of benzene rings is 2. The van der Waals surface area contributed by atoms with Crippen molar-refractivity contribution in [3.8, 4) is 5.69 Å². The third kappa shape index (κ3) is 4.62. The van der Waals surface area contributed by atoms with Gasteiger partial charge in [0.2, 0.25) is 0 Å². The van der Waals surface area contributed by atoms with E-state index in [-0.39, 0.29) is 5.69 Å². The molecule has 27 heavy (non-hydrogen) atoms. The minimum Gasteiger partial charge on any atom is -0.396 e. The number of halogens is 1. The van der Waals surface area contributed by atoms with Crippen molar-refractivity contribution in [1.29, 1.82) is 0 Å². The number of tetrazole rings is 1. The van der Waals surface area contributed by atoms with E-state index in [4.69, 9.17) is 16.4 Å². The van der Waals surface area contributed by atoms with Gasteiger partial charge in [0.25, 0.3) is 0 Å². The molecule has 0 aliphatic heterocycles. The maximum Gasteiger partial charge on any atom is 0.368 e. The second-order valence-electron chi connectivity index (χ2n) is 6.11. The van der Waals surface area contributed by atoms with Gasteiger partial charge in [-0.2, -0.15) is 9.36 Å². The molecule has 2 aromatic carbocycles. The predicted molar refractivity (Wildman–Crippen MR) is 105 cm³/mol. The van der Waals surface area contributed by atoms with Gasteiger partial charge in [0.15, 0.2) is 0 Å². The van der Waals surface area contributed by atoms with Crippen LogP contribution in [0.25, 0.3) is 5.69 Å². The molecule has 0 spiro atoms. The molecule has 0 saturated heterocycles. The molecule has 0 N–H and O–H groups in total. The SMILES string of the molecule is Cc1cccc(-n2nnn(C)c2=O)c1C=NOCCCc1cccc(Cl)c1. The highest BCUT2D eigenvalue weighted by Crippen LogP contribution is 2.15. The fourth-order valence-corrected chi connectivity index (χ4v) is 2.87. The lowest BCUT2D eigenvalue weighted by molar-refractivity contribution is 0.143. The Bertz CT molecular complexity index is 1010. The smallest absolute Gasteiger partial charge is 0.368 e. The highest BCUT2D eigenvalue weighted by Gasteiger charge is 2.11. The van der Waals surface area contributed by atoms with Gasteiger partial charge in [0, 0.05) is 17.6 Å². The molecule has 0 radical (unpaired) electrons. The Hall–Kier alpha value is -2.93. The summed E-state index contributed by atoms with van der Waals surface area (Å²) >= 11 is 5.98. The molecule has 0 amide bonds. The summed E-state index contributed by atoms with van der Waals surface area (Å²) in [6.45, 7) is 2.42. The van der Waals surface area contributed by atoms with E-state index >= 15 is 0 Å². The topological polar surface area (TPSA) is 74.3 Å². The molecule has 0 aliphatic carbocycles. The number of rotatable bonds is 7. The van der Waals surface area contributed by atoms with Crippen LogP contribution in [0.3, 0.4) is 0 Å². The van der Waals surface area contributed by atoms with Crippen LogP contribution in [0.1, 0.15) is 23.1 Å². The lowest BCUT2D eigenvalue weighted by Gasteiger charge is -2.07. The summed E-state index contributed by atoms with van der Waals surface area (Å²) in [7, 11) is 1.55. The molecule has 0 bridgehead atoms. The molecule has 0 aliphatic rings. The van der Waals surface area contributed by atoms with Crippen LogP contribution in [0.5, 0.6) is 0 Å². The Labute approximate surface area is 161 Å². The lowest BCUT2D eigenvalue weighted by Crippen LogP contribution is -2.23. The summed E-state index contributed by atoms with van der Waals surface area (Å²) in [5.41, 5.74) is 3.17. The zero-order valence-electron chi connectivity index (χ0n) is 15.2. The number of oxime groups is 1. The summed E-state index contributed by atoms with van der Waals surface area (Å²) in [4.78, 5) is 17.5. The molecule has 1 aromatic heterocycles. The summed E-state index contributed by atoms with van der Waals surface area (Å²) in [6, 6.07) is 13.4. The van der Waals surface area contributed by atoms with Crippen LogP contribution in [0.15, 0.2) is 52.4 Å². The van der Waals surface area contributed by atoms with Crippen molar-refractivity contribution < 1.29 is 4.84 Å².